The van der Waals surface area contributed by atoms with Crippen LogP contribution in [-0.2, 0) is 4.74 Å². The number of aromatic nitrogens is 2. The number of thiophene rings is 1. The Morgan fingerprint density at radius 1 is 0.917 bits per heavy atom. The summed E-state index contributed by atoms with van der Waals surface area (Å²) >= 11 is 1.67. The molecule has 0 radical (unpaired) electrons. The topological polar surface area (TPSA) is 56.6 Å². The van der Waals surface area contributed by atoms with Gasteiger partial charge < -0.3 is 14.4 Å². The summed E-state index contributed by atoms with van der Waals surface area (Å²) in [7, 11) is 1.63. The fourth-order valence-corrected chi connectivity index (χ4v) is 5.80. The van der Waals surface area contributed by atoms with Gasteiger partial charge in [0, 0.05) is 18.7 Å². The van der Waals surface area contributed by atoms with Gasteiger partial charge in [0.2, 0.25) is 0 Å². The normalized spacial score (nSPS) is 13.8. The molecule has 0 N–H and O–H groups in total. The molecule has 2 aromatic heterocycles. The van der Waals surface area contributed by atoms with E-state index in [1.807, 2.05) is 54.6 Å². The average molecular weight is 496 g/mol. The van der Waals surface area contributed by atoms with Gasteiger partial charge >= 0.3 is 0 Å². The number of fused-ring (bicyclic) bond motifs is 1. The van der Waals surface area contributed by atoms with Gasteiger partial charge in [0.1, 0.15) is 5.75 Å². The first-order chi connectivity index (χ1) is 17.7. The smallest absolute Gasteiger partial charge is 0.266 e. The summed E-state index contributed by atoms with van der Waals surface area (Å²) in [4.78, 5) is 22.1. The maximum atomic E-state index is 13.8. The molecule has 3 aromatic carbocycles. The van der Waals surface area contributed by atoms with Crippen molar-refractivity contribution < 1.29 is 9.47 Å². The molecule has 0 spiro atoms. The number of morpholine rings is 1. The zero-order valence-corrected chi connectivity index (χ0v) is 20.7. The van der Waals surface area contributed by atoms with Crippen LogP contribution in [0, 0.1) is 0 Å². The number of hydrogen-bond donors (Lipinski definition) is 0. The Bertz CT molecular complexity index is 1570. The summed E-state index contributed by atoms with van der Waals surface area (Å²) in [6, 6.07) is 27.6. The molecule has 36 heavy (non-hydrogen) atoms. The third-order valence-electron chi connectivity index (χ3n) is 6.42. The van der Waals surface area contributed by atoms with E-state index in [2.05, 4.69) is 35.2 Å². The minimum atomic E-state index is -0.0941. The van der Waals surface area contributed by atoms with Gasteiger partial charge in [0.05, 0.1) is 46.8 Å². The third kappa shape index (κ3) is 4.06. The Labute approximate surface area is 213 Å². The van der Waals surface area contributed by atoms with E-state index in [1.165, 1.54) is 5.00 Å². The van der Waals surface area contributed by atoms with Crippen molar-refractivity contribution in [1.82, 2.24) is 9.55 Å². The molecule has 5 aromatic rings. The van der Waals surface area contributed by atoms with Crippen molar-refractivity contribution in [3.8, 4) is 33.3 Å². The van der Waals surface area contributed by atoms with Gasteiger partial charge in [0.15, 0.2) is 5.82 Å². The van der Waals surface area contributed by atoms with Gasteiger partial charge in [0.25, 0.3) is 5.56 Å². The highest BCUT2D eigenvalue weighted by molar-refractivity contribution is 7.20. The largest absolute Gasteiger partial charge is 0.497 e. The Morgan fingerprint density at radius 3 is 2.39 bits per heavy atom. The lowest BCUT2D eigenvalue weighted by atomic mass is 10.1. The van der Waals surface area contributed by atoms with Gasteiger partial charge in [-0.15, -0.1) is 11.3 Å². The lowest BCUT2D eigenvalue weighted by molar-refractivity contribution is 0.123. The van der Waals surface area contributed by atoms with Gasteiger partial charge in [-0.1, -0.05) is 42.5 Å². The minimum absolute atomic E-state index is 0.0941. The van der Waals surface area contributed by atoms with Gasteiger partial charge in [-0.3, -0.25) is 9.36 Å². The van der Waals surface area contributed by atoms with Crippen LogP contribution >= 0.6 is 11.3 Å². The Balaban J connectivity index is 1.60. The van der Waals surface area contributed by atoms with E-state index in [9.17, 15) is 4.79 Å². The van der Waals surface area contributed by atoms with Crippen molar-refractivity contribution >= 4 is 27.2 Å². The molecule has 3 heterocycles. The van der Waals surface area contributed by atoms with Gasteiger partial charge in [-0.2, -0.15) is 0 Å². The summed E-state index contributed by atoms with van der Waals surface area (Å²) in [5, 5.41) is 1.76. The number of methoxy groups -OCH3 is 1. The number of nitrogens with zero attached hydrogens (tertiary/aromatic N) is 3. The summed E-state index contributed by atoms with van der Waals surface area (Å²) < 4.78 is 12.7. The fourth-order valence-electron chi connectivity index (χ4n) is 4.59. The number of ether oxygens (including phenoxy) is 2. The molecule has 180 valence electrons. The molecule has 0 bridgehead atoms. The van der Waals surface area contributed by atoms with Crippen LogP contribution in [0.15, 0.2) is 89.7 Å². The Morgan fingerprint density at radius 2 is 1.64 bits per heavy atom. The van der Waals surface area contributed by atoms with Crippen molar-refractivity contribution in [1.29, 1.82) is 0 Å². The first-order valence-electron chi connectivity index (χ1n) is 11.9. The van der Waals surface area contributed by atoms with Crippen LogP contribution in [0.1, 0.15) is 0 Å². The highest BCUT2D eigenvalue weighted by Crippen LogP contribution is 2.43. The first-order valence-corrected chi connectivity index (χ1v) is 12.7. The van der Waals surface area contributed by atoms with E-state index in [1.54, 1.807) is 23.0 Å². The van der Waals surface area contributed by atoms with Crippen LogP contribution in [-0.4, -0.2) is 43.0 Å². The van der Waals surface area contributed by atoms with Crippen LogP contribution < -0.4 is 15.2 Å². The molecule has 0 atom stereocenters. The molecule has 0 unspecified atom stereocenters. The number of anilines is 1. The summed E-state index contributed by atoms with van der Waals surface area (Å²) in [6.45, 7) is 3.06. The predicted molar refractivity (Wildman–Crippen MR) is 146 cm³/mol. The first kappa shape index (κ1) is 22.5. The second-order valence-corrected chi connectivity index (χ2v) is 9.62. The van der Waals surface area contributed by atoms with E-state index < -0.39 is 0 Å². The molecule has 7 heteroatoms. The maximum absolute atomic E-state index is 13.8. The molecule has 1 saturated heterocycles. The van der Waals surface area contributed by atoms with E-state index in [4.69, 9.17) is 14.5 Å². The fraction of sp³-hybridized carbons (Fsp3) is 0.172. The average Bonchev–Trinajstić information content (AvgIpc) is 3.40. The maximum Gasteiger partial charge on any atom is 0.266 e. The van der Waals surface area contributed by atoms with Crippen LogP contribution in [0.2, 0.25) is 0 Å². The van der Waals surface area contributed by atoms with E-state index >= 15 is 0 Å². The molecular formula is C29H25N3O3S. The Kier molecular flexibility index (Phi) is 6.01. The quantitative estimate of drug-likeness (QED) is 0.317. The summed E-state index contributed by atoms with van der Waals surface area (Å²) in [5.74, 6) is 1.37. The van der Waals surface area contributed by atoms with Crippen LogP contribution in [0.3, 0.4) is 0 Å². The monoisotopic (exact) mass is 495 g/mol. The van der Waals surface area contributed by atoms with E-state index in [0.29, 0.717) is 29.9 Å². The predicted octanol–water partition coefficient (Wildman–Crippen LogP) is 5.63. The number of para-hydroxylation sites is 1. The summed E-state index contributed by atoms with van der Waals surface area (Å²) in [6.07, 6.45) is 0. The molecule has 0 aliphatic carbocycles. The van der Waals surface area contributed by atoms with Crippen LogP contribution in [0.5, 0.6) is 5.75 Å². The van der Waals surface area contributed by atoms with Crippen molar-refractivity contribution in [3.05, 3.63) is 95.3 Å². The number of benzene rings is 3. The number of hydrogen-bond acceptors (Lipinski definition) is 6. The zero-order chi connectivity index (χ0) is 24.5. The lowest BCUT2D eigenvalue weighted by Gasteiger charge is -2.28. The molecular weight excluding hydrogens is 470 g/mol. The van der Waals surface area contributed by atoms with Gasteiger partial charge in [-0.25, -0.2) is 4.98 Å². The Hall–Kier alpha value is -3.94. The second kappa shape index (κ2) is 9.60. The van der Waals surface area contributed by atoms with Gasteiger partial charge in [-0.05, 0) is 48.0 Å². The van der Waals surface area contributed by atoms with E-state index in [0.717, 1.165) is 40.5 Å². The molecule has 1 fully saturated rings. The molecule has 0 amide bonds. The second-order valence-electron chi connectivity index (χ2n) is 8.59. The molecule has 1 aliphatic heterocycles. The molecule has 0 saturated carbocycles. The van der Waals surface area contributed by atoms with Crippen LogP contribution in [0.25, 0.3) is 38.4 Å². The molecule has 1 aliphatic rings. The number of rotatable bonds is 5. The summed E-state index contributed by atoms with van der Waals surface area (Å²) in [5.41, 5.74) is 3.62. The van der Waals surface area contributed by atoms with E-state index in [-0.39, 0.29) is 5.56 Å². The van der Waals surface area contributed by atoms with Crippen molar-refractivity contribution in [2.45, 2.75) is 0 Å². The highest BCUT2D eigenvalue weighted by Gasteiger charge is 2.23. The zero-order valence-electron chi connectivity index (χ0n) is 19.9. The molecule has 6 rings (SSSR count). The third-order valence-corrected chi connectivity index (χ3v) is 7.61. The van der Waals surface area contributed by atoms with Crippen LogP contribution in [0.4, 0.5) is 5.00 Å². The van der Waals surface area contributed by atoms with Crippen molar-refractivity contribution in [2.75, 3.05) is 38.3 Å². The van der Waals surface area contributed by atoms with Crippen molar-refractivity contribution in [3.63, 3.8) is 0 Å². The standard InChI is InChI=1S/C29H25N3O3S/c1-34-22-13-11-21(12-14-22)32-27(30-25-10-6-5-9-23(25)28(32)33)26-19-24(20-7-3-2-4-8-20)29(36-26)31-15-17-35-18-16-31/h2-14,19H,15-18H2,1H3. The molecule has 6 nitrogen and oxygen atoms in total. The SMILES string of the molecule is COc1ccc(-n2c(-c3cc(-c4ccccc4)c(N4CCOCC4)s3)nc3ccccc3c2=O)cc1. The highest BCUT2D eigenvalue weighted by atomic mass is 32.1. The van der Waals surface area contributed by atoms with Crippen molar-refractivity contribution in [2.24, 2.45) is 0 Å². The lowest BCUT2D eigenvalue weighted by Crippen LogP contribution is -2.35. The minimum Gasteiger partial charge on any atom is -0.497 e.